The van der Waals surface area contributed by atoms with Gasteiger partial charge in [0.2, 0.25) is 0 Å². The third-order valence-electron chi connectivity index (χ3n) is 3.02. The molecule has 0 amide bonds. The Morgan fingerprint density at radius 3 is 2.57 bits per heavy atom. The highest BCUT2D eigenvalue weighted by Gasteiger charge is 2.11. The molecule has 0 aliphatic carbocycles. The van der Waals surface area contributed by atoms with E-state index in [4.69, 9.17) is 0 Å². The van der Waals surface area contributed by atoms with Crippen LogP contribution in [0.2, 0.25) is 0 Å². The molecule has 0 aliphatic rings. The Balaban J connectivity index is 2.08. The van der Waals surface area contributed by atoms with E-state index in [1.165, 1.54) is 24.3 Å². The number of nitro benzene ring substituents is 1. The minimum absolute atomic E-state index is 0.0367. The normalized spacial score (nSPS) is 12.0. The largest absolute Gasteiger partial charge is 0.381 e. The molecule has 2 rings (SSSR count). The van der Waals surface area contributed by atoms with Gasteiger partial charge in [-0.15, -0.1) is 0 Å². The number of nitro groups is 1. The van der Waals surface area contributed by atoms with Gasteiger partial charge in [0, 0.05) is 22.6 Å². The van der Waals surface area contributed by atoms with Gasteiger partial charge in [-0.1, -0.05) is 12.1 Å². The van der Waals surface area contributed by atoms with Crippen LogP contribution in [0.4, 0.5) is 15.8 Å². The lowest BCUT2D eigenvalue weighted by molar-refractivity contribution is -0.384. The van der Waals surface area contributed by atoms with Crippen LogP contribution in [0.3, 0.4) is 0 Å². The van der Waals surface area contributed by atoms with Gasteiger partial charge in [-0.05, 0) is 53.0 Å². The van der Waals surface area contributed by atoms with E-state index >= 15 is 0 Å². The second-order valence-corrected chi connectivity index (χ2v) is 5.65. The van der Waals surface area contributed by atoms with Crippen LogP contribution in [0, 0.1) is 15.9 Å². The Kier molecular flexibility index (Phi) is 4.90. The van der Waals surface area contributed by atoms with Crippen molar-refractivity contribution in [3.63, 3.8) is 0 Å². The standard InChI is InChI=1S/C15H14BrFN2O2/c1-10(8-11-2-4-12(17)5-3-11)18-15-9-13(19(20)21)6-7-14(15)16/h2-7,9-10,18H,8H2,1H3. The maximum atomic E-state index is 12.9. The molecule has 0 heterocycles. The van der Waals surface area contributed by atoms with E-state index < -0.39 is 4.92 Å². The Hall–Kier alpha value is -1.95. The fourth-order valence-corrected chi connectivity index (χ4v) is 2.39. The minimum Gasteiger partial charge on any atom is -0.381 e. The molecular formula is C15H14BrFN2O2. The molecule has 6 heteroatoms. The summed E-state index contributed by atoms with van der Waals surface area (Å²) in [7, 11) is 0. The van der Waals surface area contributed by atoms with Crippen molar-refractivity contribution in [3.05, 3.63) is 68.4 Å². The highest BCUT2D eigenvalue weighted by atomic mass is 79.9. The highest BCUT2D eigenvalue weighted by molar-refractivity contribution is 9.10. The second-order valence-electron chi connectivity index (χ2n) is 4.80. The van der Waals surface area contributed by atoms with Crippen LogP contribution in [0.25, 0.3) is 0 Å². The number of halogens is 2. The number of non-ortho nitro benzene ring substituents is 1. The third kappa shape index (κ3) is 4.26. The Morgan fingerprint density at radius 1 is 1.29 bits per heavy atom. The van der Waals surface area contributed by atoms with E-state index in [2.05, 4.69) is 21.2 Å². The molecule has 0 aliphatic heterocycles. The van der Waals surface area contributed by atoms with Crippen molar-refractivity contribution in [3.8, 4) is 0 Å². The van der Waals surface area contributed by atoms with E-state index in [9.17, 15) is 14.5 Å². The topological polar surface area (TPSA) is 55.2 Å². The van der Waals surface area contributed by atoms with Crippen LogP contribution in [0.5, 0.6) is 0 Å². The lowest BCUT2D eigenvalue weighted by atomic mass is 10.1. The van der Waals surface area contributed by atoms with Crippen LogP contribution >= 0.6 is 15.9 Å². The molecule has 1 atom stereocenters. The molecule has 4 nitrogen and oxygen atoms in total. The molecule has 0 radical (unpaired) electrons. The molecule has 2 aromatic carbocycles. The van der Waals surface area contributed by atoms with Crippen LogP contribution in [-0.4, -0.2) is 11.0 Å². The molecule has 0 saturated carbocycles. The van der Waals surface area contributed by atoms with Gasteiger partial charge in [0.25, 0.3) is 5.69 Å². The van der Waals surface area contributed by atoms with Crippen molar-refractivity contribution in [1.82, 2.24) is 0 Å². The zero-order valence-corrected chi connectivity index (χ0v) is 12.9. The Bertz CT molecular complexity index is 647. The molecule has 0 bridgehead atoms. The summed E-state index contributed by atoms with van der Waals surface area (Å²) >= 11 is 3.37. The summed E-state index contributed by atoms with van der Waals surface area (Å²) in [5.74, 6) is -0.263. The van der Waals surface area contributed by atoms with E-state index in [1.54, 1.807) is 18.2 Å². The number of hydrogen-bond donors (Lipinski definition) is 1. The molecule has 2 aromatic rings. The highest BCUT2D eigenvalue weighted by Crippen LogP contribution is 2.28. The first-order chi connectivity index (χ1) is 9.95. The van der Waals surface area contributed by atoms with Gasteiger partial charge in [0.15, 0.2) is 0 Å². The van der Waals surface area contributed by atoms with Crippen LogP contribution in [0.1, 0.15) is 12.5 Å². The monoisotopic (exact) mass is 352 g/mol. The lowest BCUT2D eigenvalue weighted by Crippen LogP contribution is -2.18. The maximum Gasteiger partial charge on any atom is 0.271 e. The summed E-state index contributed by atoms with van der Waals surface area (Å²) < 4.78 is 13.6. The third-order valence-corrected chi connectivity index (χ3v) is 3.71. The van der Waals surface area contributed by atoms with Crippen molar-refractivity contribution in [2.24, 2.45) is 0 Å². The molecule has 21 heavy (non-hydrogen) atoms. The zero-order chi connectivity index (χ0) is 15.4. The molecule has 1 N–H and O–H groups in total. The SMILES string of the molecule is CC(Cc1ccc(F)cc1)Nc1cc([N+](=O)[O-])ccc1Br. The summed E-state index contributed by atoms with van der Waals surface area (Å²) in [6, 6.07) is 10.9. The number of benzene rings is 2. The number of nitrogens with zero attached hydrogens (tertiary/aromatic N) is 1. The first kappa shape index (κ1) is 15.4. The van der Waals surface area contributed by atoms with Gasteiger partial charge in [0.1, 0.15) is 5.82 Å². The van der Waals surface area contributed by atoms with Crippen molar-refractivity contribution < 1.29 is 9.31 Å². The lowest BCUT2D eigenvalue weighted by Gasteiger charge is -2.16. The Labute approximate surface area is 130 Å². The van der Waals surface area contributed by atoms with Crippen LogP contribution in [-0.2, 0) is 6.42 Å². The number of rotatable bonds is 5. The maximum absolute atomic E-state index is 12.9. The molecule has 0 fully saturated rings. The van der Waals surface area contributed by atoms with E-state index in [-0.39, 0.29) is 17.5 Å². The molecule has 110 valence electrons. The predicted octanol–water partition coefficient (Wildman–Crippen LogP) is 4.54. The van der Waals surface area contributed by atoms with Gasteiger partial charge in [-0.25, -0.2) is 4.39 Å². The number of anilines is 1. The van der Waals surface area contributed by atoms with Gasteiger partial charge < -0.3 is 5.32 Å². The number of hydrogen-bond acceptors (Lipinski definition) is 3. The number of nitrogens with one attached hydrogen (secondary N) is 1. The summed E-state index contributed by atoms with van der Waals surface area (Å²) in [6.07, 6.45) is 0.690. The molecular weight excluding hydrogens is 339 g/mol. The summed E-state index contributed by atoms with van der Waals surface area (Å²) in [6.45, 7) is 1.97. The van der Waals surface area contributed by atoms with Crippen LogP contribution < -0.4 is 5.32 Å². The van der Waals surface area contributed by atoms with E-state index in [0.717, 1.165) is 10.0 Å². The first-order valence-electron chi connectivity index (χ1n) is 6.40. The minimum atomic E-state index is -0.428. The van der Waals surface area contributed by atoms with Crippen molar-refractivity contribution in [2.75, 3.05) is 5.32 Å². The molecule has 1 unspecified atom stereocenters. The van der Waals surface area contributed by atoms with Crippen molar-refractivity contribution >= 4 is 27.3 Å². The van der Waals surface area contributed by atoms with E-state index in [1.807, 2.05) is 6.92 Å². The van der Waals surface area contributed by atoms with Gasteiger partial charge in [0.05, 0.1) is 10.6 Å². The zero-order valence-electron chi connectivity index (χ0n) is 11.3. The van der Waals surface area contributed by atoms with Gasteiger partial charge in [-0.3, -0.25) is 10.1 Å². The molecule has 0 saturated heterocycles. The average Bonchev–Trinajstić information content (AvgIpc) is 2.43. The summed E-state index contributed by atoms with van der Waals surface area (Å²) in [5.41, 5.74) is 1.70. The van der Waals surface area contributed by atoms with E-state index in [0.29, 0.717) is 12.1 Å². The van der Waals surface area contributed by atoms with Crippen LogP contribution in [0.15, 0.2) is 46.9 Å². The fourth-order valence-electron chi connectivity index (χ4n) is 2.03. The predicted molar refractivity (Wildman–Crippen MR) is 84.0 cm³/mol. The van der Waals surface area contributed by atoms with Crippen molar-refractivity contribution in [1.29, 1.82) is 0 Å². The molecule has 0 aromatic heterocycles. The summed E-state index contributed by atoms with van der Waals surface area (Å²) in [5, 5.41) is 14.0. The van der Waals surface area contributed by atoms with Crippen molar-refractivity contribution in [2.45, 2.75) is 19.4 Å². The first-order valence-corrected chi connectivity index (χ1v) is 7.20. The average molecular weight is 353 g/mol. The summed E-state index contributed by atoms with van der Waals surface area (Å²) in [4.78, 5) is 10.4. The smallest absolute Gasteiger partial charge is 0.271 e. The van der Waals surface area contributed by atoms with Gasteiger partial charge in [-0.2, -0.15) is 0 Å². The Morgan fingerprint density at radius 2 is 1.95 bits per heavy atom. The second kappa shape index (κ2) is 6.67. The quantitative estimate of drug-likeness (QED) is 0.634. The molecule has 0 spiro atoms. The van der Waals surface area contributed by atoms with Gasteiger partial charge >= 0.3 is 0 Å². The fraction of sp³-hybridized carbons (Fsp3) is 0.200.